The number of hydrogen-bond acceptors (Lipinski definition) is 6. The van der Waals surface area contributed by atoms with Crippen LogP contribution >= 0.6 is 35.7 Å². The molecule has 2 aromatic rings. The molecule has 0 spiro atoms. The van der Waals surface area contributed by atoms with Gasteiger partial charge < -0.3 is 9.47 Å². The van der Waals surface area contributed by atoms with Crippen molar-refractivity contribution in [2.45, 2.75) is 11.3 Å². The van der Waals surface area contributed by atoms with Crippen molar-refractivity contribution in [3.63, 3.8) is 0 Å². The van der Waals surface area contributed by atoms with Gasteiger partial charge in [-0.25, -0.2) is 0 Å². The quantitative estimate of drug-likeness (QED) is 0.241. The highest BCUT2D eigenvalue weighted by molar-refractivity contribution is 8.27. The maximum absolute atomic E-state index is 13.1. The summed E-state index contributed by atoms with van der Waals surface area (Å²) in [5.74, 6) is 1.16. The van der Waals surface area contributed by atoms with Crippen LogP contribution in [0.3, 0.4) is 0 Å². The Labute approximate surface area is 185 Å². The lowest BCUT2D eigenvalue weighted by molar-refractivity contribution is -0.113. The highest BCUT2D eigenvalue weighted by atomic mass is 32.2. The van der Waals surface area contributed by atoms with Gasteiger partial charge in [0.2, 0.25) is 0 Å². The van der Waals surface area contributed by atoms with E-state index in [2.05, 4.69) is 6.58 Å². The Morgan fingerprint density at radius 1 is 1.24 bits per heavy atom. The van der Waals surface area contributed by atoms with E-state index in [1.807, 2.05) is 48.7 Å². The number of carbonyl (C=O) groups excluding carboxylic acids is 1. The third kappa shape index (κ3) is 4.52. The van der Waals surface area contributed by atoms with Crippen LogP contribution in [-0.2, 0) is 11.2 Å². The fourth-order valence-electron chi connectivity index (χ4n) is 3.05. The van der Waals surface area contributed by atoms with Crippen molar-refractivity contribution in [3.05, 3.63) is 65.1 Å². The maximum Gasteiger partial charge on any atom is 0.270 e. The van der Waals surface area contributed by atoms with Crippen LogP contribution in [-0.4, -0.2) is 30.7 Å². The van der Waals surface area contributed by atoms with Gasteiger partial charge in [-0.05, 0) is 54.6 Å². The van der Waals surface area contributed by atoms with Crippen LogP contribution in [0.5, 0.6) is 11.5 Å². The van der Waals surface area contributed by atoms with Crippen molar-refractivity contribution >= 4 is 57.7 Å². The summed E-state index contributed by atoms with van der Waals surface area (Å²) in [5.41, 5.74) is 2.57. The second-order valence-electron chi connectivity index (χ2n) is 6.13. The van der Waals surface area contributed by atoms with Gasteiger partial charge in [-0.1, -0.05) is 36.1 Å². The maximum atomic E-state index is 13.1. The van der Waals surface area contributed by atoms with E-state index in [0.717, 1.165) is 21.7 Å². The van der Waals surface area contributed by atoms with Gasteiger partial charge in [0.1, 0.15) is 0 Å². The molecule has 2 aromatic carbocycles. The minimum atomic E-state index is -0.127. The molecule has 29 heavy (non-hydrogen) atoms. The second-order valence-corrected chi connectivity index (χ2v) is 8.68. The van der Waals surface area contributed by atoms with Gasteiger partial charge in [0.25, 0.3) is 5.91 Å². The van der Waals surface area contributed by atoms with Crippen LogP contribution in [0, 0.1) is 0 Å². The largest absolute Gasteiger partial charge is 0.493 e. The molecule has 1 aliphatic rings. The minimum Gasteiger partial charge on any atom is -0.493 e. The number of thioether (sulfide) groups is 2. The summed E-state index contributed by atoms with van der Waals surface area (Å²) in [4.78, 5) is 16.3. The number of amides is 1. The fraction of sp³-hybridized carbons (Fsp3) is 0.182. The van der Waals surface area contributed by atoms with Crippen molar-refractivity contribution in [1.29, 1.82) is 0 Å². The molecule has 0 atom stereocenters. The molecule has 1 fully saturated rings. The predicted molar refractivity (Wildman–Crippen MR) is 127 cm³/mol. The Balaban J connectivity index is 1.99. The first kappa shape index (κ1) is 21.5. The minimum absolute atomic E-state index is 0.127. The Bertz CT molecular complexity index is 1000. The molecule has 0 radical (unpaired) electrons. The first-order valence-corrected chi connectivity index (χ1v) is 11.2. The smallest absolute Gasteiger partial charge is 0.270 e. The molecule has 0 saturated carbocycles. The summed E-state index contributed by atoms with van der Waals surface area (Å²) in [5, 5.41) is 0. The molecule has 1 amide bonds. The van der Waals surface area contributed by atoms with E-state index in [1.54, 1.807) is 37.0 Å². The lowest BCUT2D eigenvalue weighted by Gasteiger charge is -2.15. The molecule has 0 aromatic heterocycles. The molecule has 3 rings (SSSR count). The summed E-state index contributed by atoms with van der Waals surface area (Å²) in [6.45, 7) is 3.80. The highest BCUT2D eigenvalue weighted by Gasteiger charge is 2.33. The van der Waals surface area contributed by atoms with Crippen LogP contribution < -0.4 is 14.4 Å². The third-order valence-corrected chi connectivity index (χ3v) is 6.37. The second kappa shape index (κ2) is 9.52. The van der Waals surface area contributed by atoms with E-state index in [0.29, 0.717) is 27.1 Å². The standard InChI is InChI=1S/C22H21NO3S3/c1-5-7-15-10-14(11-18(25-2)20(15)26-3)12-19-21(24)23(22(27)29-19)16-8-6-9-17(13-16)28-4/h5-6,8-13H,1,7H2,2-4H3/b19-12-. The molecule has 0 aliphatic carbocycles. The number of allylic oxidation sites excluding steroid dienone is 1. The molecule has 7 heteroatoms. The monoisotopic (exact) mass is 443 g/mol. The van der Waals surface area contributed by atoms with E-state index in [9.17, 15) is 4.79 Å². The number of anilines is 1. The summed E-state index contributed by atoms with van der Waals surface area (Å²) < 4.78 is 11.5. The Kier molecular flexibility index (Phi) is 7.05. The zero-order chi connectivity index (χ0) is 21.0. The van der Waals surface area contributed by atoms with Gasteiger partial charge in [-0.2, -0.15) is 0 Å². The van der Waals surface area contributed by atoms with Gasteiger partial charge in [0, 0.05) is 10.5 Å². The summed E-state index contributed by atoms with van der Waals surface area (Å²) in [6.07, 6.45) is 6.27. The van der Waals surface area contributed by atoms with Gasteiger partial charge in [-0.15, -0.1) is 18.3 Å². The van der Waals surface area contributed by atoms with E-state index < -0.39 is 0 Å². The normalized spacial score (nSPS) is 15.1. The van der Waals surface area contributed by atoms with Gasteiger partial charge in [-0.3, -0.25) is 9.69 Å². The molecular weight excluding hydrogens is 422 g/mol. The molecule has 1 aliphatic heterocycles. The number of carbonyl (C=O) groups is 1. The number of rotatable bonds is 7. The van der Waals surface area contributed by atoms with Gasteiger partial charge in [0.15, 0.2) is 15.8 Å². The van der Waals surface area contributed by atoms with Gasteiger partial charge in [0.05, 0.1) is 24.8 Å². The number of ether oxygens (including phenoxy) is 2. The van der Waals surface area contributed by atoms with Crippen molar-refractivity contribution in [1.82, 2.24) is 0 Å². The van der Waals surface area contributed by atoms with E-state index in [1.165, 1.54) is 11.8 Å². The summed E-state index contributed by atoms with van der Waals surface area (Å²) in [7, 11) is 3.20. The average Bonchev–Trinajstić information content (AvgIpc) is 3.00. The Morgan fingerprint density at radius 2 is 2.03 bits per heavy atom. The number of nitrogens with zero attached hydrogens (tertiary/aromatic N) is 1. The molecule has 1 heterocycles. The number of methoxy groups -OCH3 is 2. The van der Waals surface area contributed by atoms with E-state index in [4.69, 9.17) is 21.7 Å². The third-order valence-electron chi connectivity index (χ3n) is 4.35. The van der Waals surface area contributed by atoms with Crippen LogP contribution in [0.2, 0.25) is 0 Å². The highest BCUT2D eigenvalue weighted by Crippen LogP contribution is 2.39. The average molecular weight is 444 g/mol. The van der Waals surface area contributed by atoms with Crippen LogP contribution in [0.4, 0.5) is 5.69 Å². The predicted octanol–water partition coefficient (Wildman–Crippen LogP) is 5.56. The van der Waals surface area contributed by atoms with Crippen LogP contribution in [0.25, 0.3) is 6.08 Å². The van der Waals surface area contributed by atoms with E-state index >= 15 is 0 Å². The number of benzene rings is 2. The SMILES string of the molecule is C=CCc1cc(/C=C2\SC(=S)N(c3cccc(SC)c3)C2=O)cc(OC)c1OC. The molecule has 150 valence electrons. The molecular formula is C22H21NO3S3. The topological polar surface area (TPSA) is 38.8 Å². The molecule has 4 nitrogen and oxygen atoms in total. The zero-order valence-corrected chi connectivity index (χ0v) is 18.9. The number of thiocarbonyl (C=S) groups is 1. The summed E-state index contributed by atoms with van der Waals surface area (Å²) in [6, 6.07) is 11.6. The molecule has 0 unspecified atom stereocenters. The molecule has 1 saturated heterocycles. The van der Waals surface area contributed by atoms with Crippen molar-refractivity contribution in [3.8, 4) is 11.5 Å². The summed E-state index contributed by atoms with van der Waals surface area (Å²) >= 11 is 8.41. The lowest BCUT2D eigenvalue weighted by atomic mass is 10.0. The number of hydrogen-bond donors (Lipinski definition) is 0. The van der Waals surface area contributed by atoms with Gasteiger partial charge >= 0.3 is 0 Å². The zero-order valence-electron chi connectivity index (χ0n) is 16.4. The van der Waals surface area contributed by atoms with Crippen molar-refractivity contribution in [2.24, 2.45) is 0 Å². The first-order chi connectivity index (χ1) is 14.0. The van der Waals surface area contributed by atoms with Crippen molar-refractivity contribution < 1.29 is 14.3 Å². The van der Waals surface area contributed by atoms with Crippen LogP contribution in [0.15, 0.2) is 58.9 Å². The lowest BCUT2D eigenvalue weighted by Crippen LogP contribution is -2.27. The fourth-order valence-corrected chi connectivity index (χ4v) is 4.80. The van der Waals surface area contributed by atoms with Crippen molar-refractivity contribution in [2.75, 3.05) is 25.4 Å². The van der Waals surface area contributed by atoms with E-state index in [-0.39, 0.29) is 5.91 Å². The Hall–Kier alpha value is -2.22. The first-order valence-electron chi connectivity index (χ1n) is 8.80. The van der Waals surface area contributed by atoms with Crippen LogP contribution in [0.1, 0.15) is 11.1 Å². The molecule has 0 bridgehead atoms. The Morgan fingerprint density at radius 3 is 2.69 bits per heavy atom. The molecule has 0 N–H and O–H groups in total.